The summed E-state index contributed by atoms with van der Waals surface area (Å²) >= 11 is 5.26. The van der Waals surface area contributed by atoms with Gasteiger partial charge in [-0.2, -0.15) is 5.10 Å². The molecule has 2 unspecified atom stereocenters. The minimum absolute atomic E-state index is 0.106. The van der Waals surface area contributed by atoms with Gasteiger partial charge in [0.05, 0.1) is 22.9 Å². The Morgan fingerprint density at radius 1 is 1.43 bits per heavy atom. The van der Waals surface area contributed by atoms with Crippen LogP contribution in [-0.4, -0.2) is 33.4 Å². The number of hydrogen-bond donors (Lipinski definition) is 2. The molecule has 0 aromatic carbocycles. The van der Waals surface area contributed by atoms with Crippen molar-refractivity contribution >= 4 is 23.0 Å². The second-order valence-electron chi connectivity index (χ2n) is 5.73. The van der Waals surface area contributed by atoms with Crippen molar-refractivity contribution in [3.63, 3.8) is 0 Å². The van der Waals surface area contributed by atoms with Crippen molar-refractivity contribution in [2.24, 2.45) is 5.73 Å². The molecule has 2 rings (SSSR count). The summed E-state index contributed by atoms with van der Waals surface area (Å²) < 4.78 is 5.67. The molecule has 1 saturated heterocycles. The summed E-state index contributed by atoms with van der Waals surface area (Å²) in [6.45, 7) is 9.09. The normalized spacial score (nSPS) is 25.0. The van der Waals surface area contributed by atoms with Gasteiger partial charge < -0.3 is 15.8 Å². The minimum Gasteiger partial charge on any atom is -0.389 e. The van der Waals surface area contributed by atoms with Gasteiger partial charge in [-0.3, -0.25) is 0 Å². The maximum Gasteiger partial charge on any atom is 0.159 e. The van der Waals surface area contributed by atoms with Crippen molar-refractivity contribution in [2.75, 3.05) is 11.9 Å². The van der Waals surface area contributed by atoms with Crippen molar-refractivity contribution in [2.45, 2.75) is 58.6 Å². The number of hydrogen-bond acceptors (Lipinski definition) is 5. The summed E-state index contributed by atoms with van der Waals surface area (Å²) in [4.78, 5) is 0.370. The van der Waals surface area contributed by atoms with E-state index in [-0.39, 0.29) is 11.6 Å². The van der Waals surface area contributed by atoms with E-state index in [4.69, 9.17) is 22.7 Å². The van der Waals surface area contributed by atoms with Gasteiger partial charge in [-0.1, -0.05) is 26.1 Å². The summed E-state index contributed by atoms with van der Waals surface area (Å²) in [7, 11) is 0. The molecule has 3 N–H and O–H groups in total. The predicted octanol–water partition coefficient (Wildman–Crippen LogP) is 2.21. The Morgan fingerprint density at radius 2 is 2.14 bits per heavy atom. The Bertz CT molecular complexity index is 549. The van der Waals surface area contributed by atoms with Crippen LogP contribution < -0.4 is 11.1 Å². The first-order chi connectivity index (χ1) is 9.92. The maximum atomic E-state index is 5.96. The zero-order valence-electron chi connectivity index (χ0n) is 13.2. The van der Waals surface area contributed by atoms with Crippen LogP contribution in [0.1, 0.15) is 50.9 Å². The van der Waals surface area contributed by atoms with Crippen LogP contribution in [0.25, 0.3) is 0 Å². The molecule has 1 aliphatic rings. The van der Waals surface area contributed by atoms with Gasteiger partial charge in [-0.25, -0.2) is 0 Å². The van der Waals surface area contributed by atoms with Gasteiger partial charge in [0.15, 0.2) is 5.82 Å². The zero-order valence-corrected chi connectivity index (χ0v) is 14.0. The highest BCUT2D eigenvalue weighted by atomic mass is 32.1. The number of anilines is 1. The third kappa shape index (κ3) is 3.01. The summed E-state index contributed by atoms with van der Waals surface area (Å²) in [5.74, 6) is 0.677. The van der Waals surface area contributed by atoms with E-state index in [0.717, 1.165) is 42.7 Å². The van der Waals surface area contributed by atoms with Crippen molar-refractivity contribution in [1.82, 2.24) is 10.2 Å². The Hall–Kier alpha value is -1.27. The Morgan fingerprint density at radius 3 is 2.62 bits per heavy atom. The van der Waals surface area contributed by atoms with Crippen LogP contribution in [0.15, 0.2) is 0 Å². The molecular weight excluding hydrogens is 284 g/mol. The van der Waals surface area contributed by atoms with Gasteiger partial charge in [0.25, 0.3) is 0 Å². The molecule has 0 radical (unpaired) electrons. The molecule has 2 atom stereocenters. The van der Waals surface area contributed by atoms with E-state index in [0.29, 0.717) is 10.8 Å². The van der Waals surface area contributed by atoms with E-state index in [2.05, 4.69) is 43.2 Å². The van der Waals surface area contributed by atoms with E-state index in [1.807, 2.05) is 0 Å². The number of rotatable bonds is 5. The van der Waals surface area contributed by atoms with Gasteiger partial charge in [0, 0.05) is 6.61 Å². The molecule has 1 aromatic rings. The second kappa shape index (κ2) is 6.23. The fraction of sp³-hybridized carbons (Fsp3) is 0.667. The van der Waals surface area contributed by atoms with Crippen molar-refractivity contribution in [3.05, 3.63) is 16.8 Å². The van der Waals surface area contributed by atoms with Gasteiger partial charge in [-0.15, -0.1) is 5.10 Å². The summed E-state index contributed by atoms with van der Waals surface area (Å²) in [5, 5.41) is 12.2. The first-order valence-electron chi connectivity index (χ1n) is 7.51. The smallest absolute Gasteiger partial charge is 0.159 e. The highest BCUT2D eigenvalue weighted by molar-refractivity contribution is 7.80. The lowest BCUT2D eigenvalue weighted by Crippen LogP contribution is -2.42. The molecule has 0 aliphatic carbocycles. The highest BCUT2D eigenvalue weighted by Crippen LogP contribution is 2.31. The van der Waals surface area contributed by atoms with Gasteiger partial charge >= 0.3 is 0 Å². The molecule has 21 heavy (non-hydrogen) atoms. The molecule has 1 aliphatic heterocycles. The summed E-state index contributed by atoms with van der Waals surface area (Å²) in [6, 6.07) is 0. The zero-order chi connectivity index (χ0) is 15.6. The topological polar surface area (TPSA) is 73.1 Å². The quantitative estimate of drug-likeness (QED) is 0.813. The first kappa shape index (κ1) is 16.1. The molecule has 0 spiro atoms. The molecule has 116 valence electrons. The van der Waals surface area contributed by atoms with Crippen LogP contribution in [0, 0.1) is 0 Å². The number of thiocarbonyl (C=S) groups is 1. The second-order valence-corrected chi connectivity index (χ2v) is 6.17. The lowest BCUT2D eigenvalue weighted by Gasteiger charge is -2.30. The third-order valence-electron chi connectivity index (χ3n) is 4.38. The fourth-order valence-corrected chi connectivity index (χ4v) is 3.02. The van der Waals surface area contributed by atoms with E-state index < -0.39 is 0 Å². The molecule has 0 amide bonds. The van der Waals surface area contributed by atoms with Crippen LogP contribution in [0.2, 0.25) is 0 Å². The average molecular weight is 308 g/mol. The van der Waals surface area contributed by atoms with Crippen molar-refractivity contribution < 1.29 is 4.74 Å². The number of ether oxygens (including phenoxy) is 1. The van der Waals surface area contributed by atoms with Crippen LogP contribution in [0.3, 0.4) is 0 Å². The molecule has 1 aromatic heterocycles. The van der Waals surface area contributed by atoms with Crippen molar-refractivity contribution in [1.29, 1.82) is 0 Å². The van der Waals surface area contributed by atoms with E-state index in [1.54, 1.807) is 0 Å². The van der Waals surface area contributed by atoms with Crippen LogP contribution >= 0.6 is 12.2 Å². The summed E-state index contributed by atoms with van der Waals surface area (Å²) in [5.41, 5.74) is 8.68. The number of nitrogens with one attached hydrogen (secondary N) is 1. The number of nitrogens with two attached hydrogens (primary N) is 1. The van der Waals surface area contributed by atoms with Crippen LogP contribution in [0.4, 0.5) is 5.82 Å². The molecule has 6 heteroatoms. The maximum absolute atomic E-state index is 5.96. The summed E-state index contributed by atoms with van der Waals surface area (Å²) in [6.07, 6.45) is 2.68. The van der Waals surface area contributed by atoms with E-state index >= 15 is 0 Å². The van der Waals surface area contributed by atoms with E-state index in [1.165, 1.54) is 0 Å². The molecule has 0 bridgehead atoms. The standard InChI is InChI=1S/C15H24N4OS/c1-5-10-11(6-2)18-19-14(12(10)13(16)21)17-15(4)7-8-20-9(15)3/h9H,5-8H2,1-4H3,(H2,16,21)(H,17,19). The largest absolute Gasteiger partial charge is 0.389 e. The Labute approximate surface area is 131 Å². The van der Waals surface area contributed by atoms with Gasteiger partial charge in [0.2, 0.25) is 0 Å². The first-order valence-corrected chi connectivity index (χ1v) is 7.91. The molecule has 1 fully saturated rings. The SMILES string of the molecule is CCc1nnc(NC2(C)CCOC2C)c(C(N)=S)c1CC. The average Bonchev–Trinajstić information content (AvgIpc) is 2.77. The number of aryl methyl sites for hydroxylation is 1. The highest BCUT2D eigenvalue weighted by Gasteiger charge is 2.38. The molecule has 2 heterocycles. The Kier molecular flexibility index (Phi) is 4.78. The lowest BCUT2D eigenvalue weighted by atomic mass is 9.93. The number of aromatic nitrogens is 2. The lowest BCUT2D eigenvalue weighted by molar-refractivity contribution is 0.105. The van der Waals surface area contributed by atoms with Gasteiger partial charge in [-0.05, 0) is 38.7 Å². The Balaban J connectivity index is 2.46. The van der Waals surface area contributed by atoms with Gasteiger partial charge in [0.1, 0.15) is 4.99 Å². The fourth-order valence-electron chi connectivity index (χ4n) is 2.80. The van der Waals surface area contributed by atoms with Crippen molar-refractivity contribution in [3.8, 4) is 0 Å². The van der Waals surface area contributed by atoms with Crippen LogP contribution in [0.5, 0.6) is 0 Å². The minimum atomic E-state index is -0.174. The van der Waals surface area contributed by atoms with E-state index in [9.17, 15) is 0 Å². The third-order valence-corrected chi connectivity index (χ3v) is 4.59. The molecular formula is C15H24N4OS. The number of nitrogens with zero attached hydrogens (tertiary/aromatic N) is 2. The molecule has 0 saturated carbocycles. The predicted molar refractivity (Wildman–Crippen MR) is 88.7 cm³/mol. The van der Waals surface area contributed by atoms with Crippen LogP contribution in [-0.2, 0) is 17.6 Å². The monoisotopic (exact) mass is 308 g/mol. The molecule has 5 nitrogen and oxygen atoms in total.